The molecule has 0 radical (unpaired) electrons. The first kappa shape index (κ1) is 28.5. The molecule has 33 heavy (non-hydrogen) atoms. The van der Waals surface area contributed by atoms with Gasteiger partial charge >= 0.3 is 5.97 Å². The highest BCUT2D eigenvalue weighted by Gasteiger charge is 2.43. The van der Waals surface area contributed by atoms with Crippen molar-refractivity contribution in [1.82, 2.24) is 0 Å². The number of carbonyl (C=O) groups excluding carboxylic acids is 1. The third-order valence-electron chi connectivity index (χ3n) is 7.28. The first-order chi connectivity index (χ1) is 15.3. The van der Waals surface area contributed by atoms with E-state index < -0.39 is 14.1 Å². The van der Waals surface area contributed by atoms with Gasteiger partial charge in [0.1, 0.15) is 12.2 Å². The highest BCUT2D eigenvalue weighted by Crippen LogP contribution is 2.38. The maximum Gasteiger partial charge on any atom is 0.308 e. The van der Waals surface area contributed by atoms with E-state index in [0.717, 1.165) is 12.8 Å². The lowest BCUT2D eigenvalue weighted by molar-refractivity contribution is -0.156. The first-order valence-electron chi connectivity index (χ1n) is 13.2. The molecule has 2 aliphatic heterocycles. The smallest absolute Gasteiger partial charge is 0.308 e. The number of ether oxygens (including phenoxy) is 3. The summed E-state index contributed by atoms with van der Waals surface area (Å²) < 4.78 is 25.0. The molecule has 2 aliphatic rings. The van der Waals surface area contributed by atoms with Gasteiger partial charge in [-0.2, -0.15) is 0 Å². The number of unbranched alkanes of at least 4 members (excludes halogenated alkanes) is 6. The Morgan fingerprint density at radius 3 is 2.30 bits per heavy atom. The molecule has 2 rings (SSSR count). The summed E-state index contributed by atoms with van der Waals surface area (Å²) in [4.78, 5) is 12.9. The molecule has 0 amide bonds. The SMILES string of the molecule is CCCCCCCCC[C@H]1C[C@H]2OC(C)(C)O[C@@H]2/C=C/[C@H](O[Si](C)(C)C(C)(C)C)CC(=O)O1. The van der Waals surface area contributed by atoms with Crippen molar-refractivity contribution in [3.63, 3.8) is 0 Å². The predicted molar refractivity (Wildman–Crippen MR) is 137 cm³/mol. The van der Waals surface area contributed by atoms with E-state index in [1.165, 1.54) is 38.5 Å². The van der Waals surface area contributed by atoms with Gasteiger partial charge in [0.25, 0.3) is 0 Å². The van der Waals surface area contributed by atoms with Gasteiger partial charge in [-0.15, -0.1) is 0 Å². The predicted octanol–water partition coefficient (Wildman–Crippen LogP) is 7.30. The summed E-state index contributed by atoms with van der Waals surface area (Å²) in [6, 6.07) is 0. The fourth-order valence-corrected chi connectivity index (χ4v) is 5.63. The second kappa shape index (κ2) is 12.3. The van der Waals surface area contributed by atoms with Gasteiger partial charge in [-0.1, -0.05) is 78.4 Å². The molecule has 6 heteroatoms. The van der Waals surface area contributed by atoms with Gasteiger partial charge < -0.3 is 18.6 Å². The topological polar surface area (TPSA) is 54.0 Å². The summed E-state index contributed by atoms with van der Waals surface area (Å²) in [5.74, 6) is -0.815. The number of esters is 1. The number of rotatable bonds is 10. The quantitative estimate of drug-likeness (QED) is 0.141. The molecular formula is C27H50O5Si. The average molecular weight is 483 g/mol. The second-order valence-electron chi connectivity index (χ2n) is 11.9. The molecule has 1 fully saturated rings. The molecule has 0 N–H and O–H groups in total. The molecule has 0 spiro atoms. The molecular weight excluding hydrogens is 432 g/mol. The van der Waals surface area contributed by atoms with E-state index in [1.807, 2.05) is 19.9 Å². The van der Waals surface area contributed by atoms with E-state index in [1.54, 1.807) is 0 Å². The molecule has 192 valence electrons. The summed E-state index contributed by atoms with van der Waals surface area (Å²) >= 11 is 0. The van der Waals surface area contributed by atoms with Crippen LogP contribution in [-0.2, 0) is 23.4 Å². The lowest BCUT2D eigenvalue weighted by atomic mass is 9.99. The zero-order chi connectivity index (χ0) is 24.7. The van der Waals surface area contributed by atoms with Gasteiger partial charge in [-0.05, 0) is 44.8 Å². The minimum atomic E-state index is -2.04. The second-order valence-corrected chi connectivity index (χ2v) is 16.7. The standard InChI is InChI=1S/C27H50O5Si/c1-9-10-11-12-13-14-15-16-21-19-24-23(30-27(5,6)31-24)18-17-22(20-25(28)29-21)32-33(7,8)26(2,3)4/h17-18,21-24H,9-16,19-20H2,1-8H3/b18-17+/t21-,22-,23+,24+/m0/s1. The Morgan fingerprint density at radius 2 is 1.67 bits per heavy atom. The highest BCUT2D eigenvalue weighted by atomic mass is 28.4. The fraction of sp³-hybridized carbons (Fsp3) is 0.889. The Kier molecular flexibility index (Phi) is 10.7. The summed E-state index contributed by atoms with van der Waals surface area (Å²) in [6.45, 7) is 17.2. The van der Waals surface area contributed by atoms with Crippen LogP contribution in [0.1, 0.15) is 106 Å². The molecule has 0 aromatic heterocycles. The van der Waals surface area contributed by atoms with Gasteiger partial charge in [0.15, 0.2) is 14.1 Å². The van der Waals surface area contributed by atoms with E-state index in [4.69, 9.17) is 18.6 Å². The van der Waals surface area contributed by atoms with Gasteiger partial charge in [-0.3, -0.25) is 4.79 Å². The van der Waals surface area contributed by atoms with Crippen LogP contribution in [0.4, 0.5) is 0 Å². The van der Waals surface area contributed by atoms with Crippen molar-refractivity contribution in [2.24, 2.45) is 0 Å². The number of carbonyl (C=O) groups is 1. The molecule has 0 aromatic rings. The Morgan fingerprint density at radius 1 is 1.03 bits per heavy atom. The van der Waals surface area contributed by atoms with Gasteiger partial charge in [0.05, 0.1) is 18.6 Å². The zero-order valence-corrected chi connectivity index (χ0v) is 23.6. The van der Waals surface area contributed by atoms with Crippen molar-refractivity contribution in [2.45, 2.75) is 154 Å². The summed E-state index contributed by atoms with van der Waals surface area (Å²) in [5.41, 5.74) is 0. The van der Waals surface area contributed by atoms with Crippen molar-refractivity contribution in [3.8, 4) is 0 Å². The summed E-state index contributed by atoms with van der Waals surface area (Å²) in [6.07, 6.45) is 13.9. The van der Waals surface area contributed by atoms with Crippen LogP contribution in [0.5, 0.6) is 0 Å². The highest BCUT2D eigenvalue weighted by molar-refractivity contribution is 6.74. The van der Waals surface area contributed by atoms with Crippen LogP contribution >= 0.6 is 0 Å². The van der Waals surface area contributed by atoms with Crippen molar-refractivity contribution in [1.29, 1.82) is 0 Å². The Balaban J connectivity index is 2.07. The number of fused-ring (bicyclic) bond motifs is 1. The molecule has 0 bridgehead atoms. The molecule has 0 unspecified atom stereocenters. The zero-order valence-electron chi connectivity index (χ0n) is 22.6. The van der Waals surface area contributed by atoms with Crippen LogP contribution in [-0.4, -0.2) is 44.5 Å². The maximum absolute atomic E-state index is 12.9. The van der Waals surface area contributed by atoms with Crippen molar-refractivity contribution < 1.29 is 23.4 Å². The van der Waals surface area contributed by atoms with Crippen LogP contribution in [0.15, 0.2) is 12.2 Å². The summed E-state index contributed by atoms with van der Waals surface area (Å²) in [5, 5.41) is 0.0667. The monoisotopic (exact) mass is 482 g/mol. The Labute approximate surface area is 204 Å². The van der Waals surface area contributed by atoms with Crippen LogP contribution < -0.4 is 0 Å². The molecule has 0 saturated carbocycles. The van der Waals surface area contributed by atoms with E-state index >= 15 is 0 Å². The van der Waals surface area contributed by atoms with Crippen molar-refractivity contribution in [3.05, 3.63) is 12.2 Å². The third-order valence-corrected chi connectivity index (χ3v) is 11.8. The van der Waals surface area contributed by atoms with Crippen LogP contribution in [0.25, 0.3) is 0 Å². The third kappa shape index (κ3) is 9.46. The summed E-state index contributed by atoms with van der Waals surface area (Å²) in [7, 11) is -2.04. The van der Waals surface area contributed by atoms with Crippen molar-refractivity contribution in [2.75, 3.05) is 0 Å². The molecule has 1 saturated heterocycles. The Bertz CT molecular complexity index is 637. The minimum absolute atomic E-state index is 0.0667. The van der Waals surface area contributed by atoms with Gasteiger partial charge in [0, 0.05) is 6.42 Å². The minimum Gasteiger partial charge on any atom is -0.462 e. The number of cyclic esters (lactones) is 1. The lowest BCUT2D eigenvalue weighted by Gasteiger charge is -2.38. The first-order valence-corrected chi connectivity index (χ1v) is 16.1. The van der Waals surface area contributed by atoms with Crippen LogP contribution in [0.2, 0.25) is 18.1 Å². The molecule has 2 heterocycles. The number of hydrogen-bond acceptors (Lipinski definition) is 5. The number of hydrogen-bond donors (Lipinski definition) is 0. The molecule has 0 aromatic carbocycles. The van der Waals surface area contributed by atoms with Gasteiger partial charge in [0.2, 0.25) is 0 Å². The maximum atomic E-state index is 12.9. The van der Waals surface area contributed by atoms with E-state index in [9.17, 15) is 4.79 Å². The lowest BCUT2D eigenvalue weighted by Crippen LogP contribution is -2.44. The molecule has 5 nitrogen and oxygen atoms in total. The average Bonchev–Trinajstić information content (AvgIpc) is 2.97. The Hall–Kier alpha value is -0.693. The van der Waals surface area contributed by atoms with Crippen LogP contribution in [0.3, 0.4) is 0 Å². The van der Waals surface area contributed by atoms with E-state index in [2.05, 4.69) is 46.9 Å². The molecule has 4 atom stereocenters. The van der Waals surface area contributed by atoms with E-state index in [0.29, 0.717) is 6.42 Å². The van der Waals surface area contributed by atoms with Gasteiger partial charge in [-0.25, -0.2) is 0 Å². The van der Waals surface area contributed by atoms with Crippen molar-refractivity contribution >= 4 is 14.3 Å². The van der Waals surface area contributed by atoms with Crippen LogP contribution in [0, 0.1) is 0 Å². The largest absolute Gasteiger partial charge is 0.462 e. The fourth-order valence-electron chi connectivity index (χ4n) is 4.36. The molecule has 0 aliphatic carbocycles. The van der Waals surface area contributed by atoms with E-state index in [-0.39, 0.29) is 41.8 Å². The normalized spacial score (nSPS) is 29.4.